The molecule has 19 heavy (non-hydrogen) atoms. The first-order valence-electron chi connectivity index (χ1n) is 6.72. The van der Waals surface area contributed by atoms with Crippen LogP contribution in [0, 0.1) is 16.7 Å². The van der Waals surface area contributed by atoms with Crippen LogP contribution in [-0.2, 0) is 14.8 Å². The van der Waals surface area contributed by atoms with Gasteiger partial charge in [0.1, 0.15) is 0 Å². The molecular formula is C13H22BrNO3S. The van der Waals surface area contributed by atoms with Crippen molar-refractivity contribution in [2.45, 2.75) is 51.4 Å². The van der Waals surface area contributed by atoms with E-state index in [1.807, 2.05) is 27.7 Å². The average Bonchev–Trinajstić information content (AvgIpc) is 2.52. The third-order valence-corrected chi connectivity index (χ3v) is 7.95. The average molecular weight is 352 g/mol. The van der Waals surface area contributed by atoms with Crippen molar-refractivity contribution in [3.8, 4) is 0 Å². The van der Waals surface area contributed by atoms with Crippen LogP contribution >= 0.6 is 15.9 Å². The minimum absolute atomic E-state index is 0.0349. The first-order valence-corrected chi connectivity index (χ1v) is 9.29. The van der Waals surface area contributed by atoms with Gasteiger partial charge in [-0.25, -0.2) is 13.1 Å². The van der Waals surface area contributed by atoms with Gasteiger partial charge in [0.2, 0.25) is 10.0 Å². The molecule has 1 N–H and O–H groups in total. The third kappa shape index (κ3) is 2.20. The van der Waals surface area contributed by atoms with E-state index in [2.05, 4.69) is 20.7 Å². The second-order valence-corrected chi connectivity index (χ2v) is 9.43. The van der Waals surface area contributed by atoms with E-state index in [-0.39, 0.29) is 28.3 Å². The summed E-state index contributed by atoms with van der Waals surface area (Å²) in [6.07, 6.45) is 1.72. The van der Waals surface area contributed by atoms with E-state index >= 15 is 0 Å². The highest BCUT2D eigenvalue weighted by molar-refractivity contribution is 9.10. The molecule has 2 aliphatic rings. The van der Waals surface area contributed by atoms with Crippen LogP contribution in [0.2, 0.25) is 0 Å². The summed E-state index contributed by atoms with van der Waals surface area (Å²) in [7, 11) is -3.36. The lowest BCUT2D eigenvalue weighted by atomic mass is 9.70. The van der Waals surface area contributed by atoms with Gasteiger partial charge in [-0.05, 0) is 38.0 Å². The standard InChI is InChI=1S/C13H22BrNO3S/c1-8(2)15-19(17,18)7-13(4)9-5-6-12(13,3)11(16)10(9)14/h8-10,15H,5-7H2,1-4H3/t9-,10+,12+,13-/m1/s1. The van der Waals surface area contributed by atoms with Crippen LogP contribution in [0.15, 0.2) is 0 Å². The summed E-state index contributed by atoms with van der Waals surface area (Å²) in [5, 5.41) is 0. The Kier molecular flexibility index (Phi) is 3.68. The van der Waals surface area contributed by atoms with Crippen LogP contribution in [0.4, 0.5) is 0 Å². The highest BCUT2D eigenvalue weighted by Crippen LogP contribution is 2.65. The number of carbonyl (C=O) groups excluding carboxylic acids is 1. The van der Waals surface area contributed by atoms with E-state index < -0.39 is 20.9 Å². The molecule has 0 radical (unpaired) electrons. The molecule has 2 saturated carbocycles. The number of hydrogen-bond donors (Lipinski definition) is 1. The van der Waals surface area contributed by atoms with E-state index in [4.69, 9.17) is 0 Å². The fourth-order valence-corrected chi connectivity index (χ4v) is 7.36. The molecule has 2 rings (SSSR count). The number of carbonyl (C=O) groups is 1. The van der Waals surface area contributed by atoms with Crippen LogP contribution < -0.4 is 4.72 Å². The quantitative estimate of drug-likeness (QED) is 0.788. The van der Waals surface area contributed by atoms with Gasteiger partial charge in [-0.2, -0.15) is 0 Å². The van der Waals surface area contributed by atoms with Gasteiger partial charge < -0.3 is 0 Å². The minimum atomic E-state index is -3.36. The molecule has 0 saturated heterocycles. The zero-order valence-electron chi connectivity index (χ0n) is 11.9. The van der Waals surface area contributed by atoms with Crippen LogP contribution in [-0.4, -0.2) is 30.8 Å². The van der Waals surface area contributed by atoms with Gasteiger partial charge in [0.25, 0.3) is 0 Å². The second kappa shape index (κ2) is 4.53. The van der Waals surface area contributed by atoms with Gasteiger partial charge in [0.15, 0.2) is 5.78 Å². The Balaban J connectivity index is 2.32. The normalized spacial score (nSPS) is 42.3. The molecule has 0 aliphatic heterocycles. The molecule has 110 valence electrons. The molecule has 6 heteroatoms. The Morgan fingerprint density at radius 2 is 2.00 bits per heavy atom. The molecule has 0 aromatic carbocycles. The Labute approximate surface area is 123 Å². The highest BCUT2D eigenvalue weighted by atomic mass is 79.9. The molecule has 2 aliphatic carbocycles. The molecule has 2 bridgehead atoms. The largest absolute Gasteiger partial charge is 0.298 e. The molecular weight excluding hydrogens is 330 g/mol. The predicted molar refractivity (Wildman–Crippen MR) is 78.7 cm³/mol. The molecule has 0 amide bonds. The van der Waals surface area contributed by atoms with Gasteiger partial charge >= 0.3 is 0 Å². The predicted octanol–water partition coefficient (Wildman–Crippen LogP) is 2.08. The number of sulfonamides is 1. The van der Waals surface area contributed by atoms with E-state index in [0.29, 0.717) is 0 Å². The Bertz CT molecular complexity index is 504. The minimum Gasteiger partial charge on any atom is -0.298 e. The summed E-state index contributed by atoms with van der Waals surface area (Å²) in [5.41, 5.74) is -0.990. The number of nitrogens with one attached hydrogen (secondary N) is 1. The van der Waals surface area contributed by atoms with Crippen molar-refractivity contribution in [2.75, 3.05) is 5.75 Å². The van der Waals surface area contributed by atoms with Crippen molar-refractivity contribution in [2.24, 2.45) is 16.7 Å². The van der Waals surface area contributed by atoms with Crippen LogP contribution in [0.5, 0.6) is 0 Å². The van der Waals surface area contributed by atoms with Crippen molar-refractivity contribution in [1.29, 1.82) is 0 Å². The van der Waals surface area contributed by atoms with Crippen LogP contribution in [0.25, 0.3) is 0 Å². The van der Waals surface area contributed by atoms with Crippen molar-refractivity contribution < 1.29 is 13.2 Å². The summed E-state index contributed by atoms with van der Waals surface area (Å²) in [6.45, 7) is 7.51. The van der Waals surface area contributed by atoms with Crippen LogP contribution in [0.1, 0.15) is 40.5 Å². The monoisotopic (exact) mass is 351 g/mol. The fraction of sp³-hybridized carbons (Fsp3) is 0.923. The number of rotatable bonds is 4. The lowest BCUT2D eigenvalue weighted by Gasteiger charge is -2.36. The SMILES string of the molecule is CC(C)NS(=O)(=O)C[C@]1(C)[C@@H]2CC[C@@]1(C)C(=O)[C@H]2Br. The van der Waals surface area contributed by atoms with Crippen molar-refractivity contribution in [3.63, 3.8) is 0 Å². The zero-order valence-corrected chi connectivity index (χ0v) is 14.3. The maximum atomic E-state index is 12.4. The topological polar surface area (TPSA) is 63.2 Å². The first kappa shape index (κ1) is 15.4. The first-order chi connectivity index (χ1) is 8.53. The molecule has 0 spiro atoms. The number of halogens is 1. The van der Waals surface area contributed by atoms with E-state index in [1.54, 1.807) is 0 Å². The summed E-state index contributed by atoms with van der Waals surface area (Å²) in [6, 6.07) is -0.115. The molecule has 0 unspecified atom stereocenters. The van der Waals surface area contributed by atoms with Gasteiger partial charge in [0, 0.05) is 11.5 Å². The molecule has 2 fully saturated rings. The van der Waals surface area contributed by atoms with Gasteiger partial charge in [-0.1, -0.05) is 29.8 Å². The molecule has 0 aromatic rings. The smallest absolute Gasteiger partial charge is 0.212 e. The third-order valence-electron chi connectivity index (χ3n) is 5.09. The van der Waals surface area contributed by atoms with E-state index in [0.717, 1.165) is 12.8 Å². The Morgan fingerprint density at radius 1 is 1.42 bits per heavy atom. The highest BCUT2D eigenvalue weighted by Gasteiger charge is 2.68. The van der Waals surface area contributed by atoms with E-state index in [9.17, 15) is 13.2 Å². The lowest BCUT2D eigenvalue weighted by molar-refractivity contribution is -0.127. The van der Waals surface area contributed by atoms with Crippen molar-refractivity contribution >= 4 is 31.7 Å². The molecule has 0 aromatic heterocycles. The second-order valence-electron chi connectivity index (χ2n) is 6.69. The number of Topliss-reactive ketones (excluding diaryl/α,β-unsaturated/α-hetero) is 1. The number of ketones is 1. The van der Waals surface area contributed by atoms with E-state index in [1.165, 1.54) is 0 Å². The Hall–Kier alpha value is 0.0600. The number of alkyl halides is 1. The van der Waals surface area contributed by atoms with Gasteiger partial charge in [-0.15, -0.1) is 0 Å². The van der Waals surface area contributed by atoms with Crippen molar-refractivity contribution in [1.82, 2.24) is 4.72 Å². The van der Waals surface area contributed by atoms with Gasteiger partial charge in [0.05, 0.1) is 10.6 Å². The van der Waals surface area contributed by atoms with Gasteiger partial charge in [-0.3, -0.25) is 4.79 Å². The molecule has 0 heterocycles. The molecule has 4 atom stereocenters. The maximum absolute atomic E-state index is 12.4. The summed E-state index contributed by atoms with van der Waals surface area (Å²) in [5.74, 6) is 0.326. The fourth-order valence-electron chi connectivity index (χ4n) is 3.88. The summed E-state index contributed by atoms with van der Waals surface area (Å²) < 4.78 is 27.1. The summed E-state index contributed by atoms with van der Waals surface area (Å²) in [4.78, 5) is 12.2. The Morgan fingerprint density at radius 3 is 2.42 bits per heavy atom. The summed E-state index contributed by atoms with van der Waals surface area (Å²) >= 11 is 3.47. The lowest BCUT2D eigenvalue weighted by Crippen LogP contribution is -2.45. The van der Waals surface area contributed by atoms with Crippen LogP contribution in [0.3, 0.4) is 0 Å². The molecule has 4 nitrogen and oxygen atoms in total. The number of fused-ring (bicyclic) bond motifs is 2. The zero-order chi connectivity index (χ0) is 14.6. The maximum Gasteiger partial charge on any atom is 0.212 e. The van der Waals surface area contributed by atoms with Crippen molar-refractivity contribution in [3.05, 3.63) is 0 Å². The number of hydrogen-bond acceptors (Lipinski definition) is 3.